The van der Waals surface area contributed by atoms with E-state index < -0.39 is 123 Å². The number of unbranched alkanes of at least 4 members (excludes halogenated alkanes) is 1. The number of nitrogens with one attached hydrogen (secondary N) is 1. The van der Waals surface area contributed by atoms with E-state index in [1.54, 1.807) is 24.3 Å². The Morgan fingerprint density at radius 2 is 1.10 bits per heavy atom. The number of halogens is 1. The van der Waals surface area contributed by atoms with Gasteiger partial charge >= 0.3 is 29.8 Å². The predicted octanol–water partition coefficient (Wildman–Crippen LogP) is -1.13. The lowest BCUT2D eigenvalue weighted by Crippen LogP contribution is -2.53. The number of nitrogens with zero attached hydrogens (tertiary/aromatic N) is 5. The fourth-order valence-corrected chi connectivity index (χ4v) is 6.97. The van der Waals surface area contributed by atoms with Gasteiger partial charge in [0.1, 0.15) is 45.8 Å². The van der Waals surface area contributed by atoms with E-state index in [-0.39, 0.29) is 63.9 Å². The molecule has 24 heteroatoms. The average molecular weight is 973 g/mol. The summed E-state index contributed by atoms with van der Waals surface area (Å²) in [7, 11) is 0. The Hall–Kier alpha value is -6.21. The van der Waals surface area contributed by atoms with Crippen molar-refractivity contribution in [2.24, 2.45) is 11.8 Å². The van der Waals surface area contributed by atoms with Crippen molar-refractivity contribution in [1.29, 1.82) is 0 Å². The molecule has 0 aromatic heterocycles. The average Bonchev–Trinajstić information content (AvgIpc) is 3.50. The number of aliphatic carboxylic acids is 4. The van der Waals surface area contributed by atoms with Gasteiger partial charge in [0.15, 0.2) is 0 Å². The quantitative estimate of drug-likeness (QED) is 0.0492. The summed E-state index contributed by atoms with van der Waals surface area (Å²) in [5.74, 6) is -14.9. The lowest BCUT2D eigenvalue weighted by molar-refractivity contribution is -0.201. The fraction of sp³-hybridized carbons (Fsp3) is 0.514. The monoisotopic (exact) mass is 972 g/mol. The van der Waals surface area contributed by atoms with E-state index in [0.717, 1.165) is 8.47 Å². The van der Waals surface area contributed by atoms with Crippen LogP contribution in [0, 0.1) is 15.4 Å². The molecule has 3 rings (SSSR count). The Balaban J connectivity index is 1.64. The summed E-state index contributed by atoms with van der Waals surface area (Å²) in [5.41, 5.74) is 0.419. The van der Waals surface area contributed by atoms with Gasteiger partial charge in [0.05, 0.1) is 5.92 Å². The fourth-order valence-electron chi connectivity index (χ4n) is 6.43. The number of carbonyl (C=O) groups is 12. The number of hydrogen-bond acceptors (Lipinski definition) is 13. The van der Waals surface area contributed by atoms with Crippen molar-refractivity contribution in [2.75, 3.05) is 58.9 Å². The molecule has 1 aromatic carbocycles. The van der Waals surface area contributed by atoms with E-state index >= 15 is 0 Å². The van der Waals surface area contributed by atoms with Crippen LogP contribution in [0.5, 0.6) is 0 Å². The second-order valence-corrected chi connectivity index (χ2v) is 15.3. The lowest BCUT2D eigenvalue weighted by atomic mass is 9.81. The highest BCUT2D eigenvalue weighted by Crippen LogP contribution is 2.31. The van der Waals surface area contributed by atoms with Crippen molar-refractivity contribution in [3.05, 3.63) is 33.4 Å². The van der Waals surface area contributed by atoms with Crippen molar-refractivity contribution in [2.45, 2.75) is 51.4 Å². The van der Waals surface area contributed by atoms with Gasteiger partial charge < -0.3 is 50.2 Å². The molecule has 332 valence electrons. The maximum Gasteiger partial charge on any atom is 0.336 e. The highest BCUT2D eigenvalue weighted by Gasteiger charge is 2.39. The third-order valence-electron chi connectivity index (χ3n) is 9.48. The Morgan fingerprint density at radius 1 is 0.639 bits per heavy atom. The predicted molar refractivity (Wildman–Crippen MR) is 210 cm³/mol. The molecule has 0 atom stereocenters. The Labute approximate surface area is 361 Å². The number of carbonyl (C=O) groups excluding carboxylic acids is 8. The van der Waals surface area contributed by atoms with Crippen LogP contribution in [-0.2, 0) is 57.6 Å². The highest BCUT2D eigenvalue weighted by atomic mass is 127. The number of hydroxylamine groups is 2. The first-order chi connectivity index (χ1) is 28.7. The first-order valence-corrected chi connectivity index (χ1v) is 19.9. The van der Waals surface area contributed by atoms with Crippen LogP contribution in [0.3, 0.4) is 0 Å². The Morgan fingerprint density at radius 3 is 1.61 bits per heavy atom. The summed E-state index contributed by atoms with van der Waals surface area (Å²) in [5, 5.41) is 41.1. The summed E-state index contributed by atoms with van der Waals surface area (Å²) in [6.07, 6.45) is 0.333. The largest absolute Gasteiger partial charge is 0.480 e. The van der Waals surface area contributed by atoms with Gasteiger partial charge in [0.25, 0.3) is 17.7 Å². The molecule has 0 bridgehead atoms. The van der Waals surface area contributed by atoms with Gasteiger partial charge in [0, 0.05) is 41.0 Å². The Kier molecular flexibility index (Phi) is 19.0. The smallest absolute Gasteiger partial charge is 0.336 e. The van der Waals surface area contributed by atoms with Gasteiger partial charge in [-0.15, -0.1) is 5.06 Å². The van der Waals surface area contributed by atoms with E-state index in [1.165, 1.54) is 0 Å². The normalized spacial score (nSPS) is 15.9. The third kappa shape index (κ3) is 16.1. The number of carboxylic acids is 4. The molecule has 0 radical (unpaired) electrons. The van der Waals surface area contributed by atoms with Crippen LogP contribution in [0.2, 0.25) is 0 Å². The molecular weight excluding hydrogens is 927 g/mol. The van der Waals surface area contributed by atoms with Crippen molar-refractivity contribution in [1.82, 2.24) is 30.0 Å². The van der Waals surface area contributed by atoms with Gasteiger partial charge in [-0.3, -0.25) is 52.7 Å². The number of rotatable bonds is 23. The second kappa shape index (κ2) is 23.5. The Bertz CT molecular complexity index is 1890. The standard InChI is InChI=1S/C37H45IN6O17/c38-25-5-3-4-24(14-25)35(58)39-12-1-2-13-40(18-31(50)51)28(47)15-41(19-32(52)53)29(48)16-42(20-33(54)55)30(49)17-43(21-34(56)57)36(59)22-6-8-23(9-7-22)37(60)61-44-26(45)10-11-27(44)46/h3-5,14,22-23H,1-2,6-13,15-21H2,(H,39,58)(H,50,51)(H,52,53)(H,54,55)(H,56,57). The van der Waals surface area contributed by atoms with Crippen molar-refractivity contribution in [3.8, 4) is 0 Å². The van der Waals surface area contributed by atoms with Gasteiger partial charge in [-0.1, -0.05) is 6.07 Å². The van der Waals surface area contributed by atoms with Crippen LogP contribution in [0.1, 0.15) is 61.7 Å². The number of carboxylic acid groups (broad SMARTS) is 4. The summed E-state index contributed by atoms with van der Waals surface area (Å²) >= 11 is 2.05. The second-order valence-electron chi connectivity index (χ2n) is 14.1. The minimum atomic E-state index is -1.65. The summed E-state index contributed by atoms with van der Waals surface area (Å²) < 4.78 is 0.841. The zero-order valence-corrected chi connectivity index (χ0v) is 34.9. The van der Waals surface area contributed by atoms with Crippen LogP contribution in [0.15, 0.2) is 24.3 Å². The maximum atomic E-state index is 13.5. The SMILES string of the molecule is O=C(O)CN(CCCCNC(=O)c1cccc(I)c1)C(=O)CN(CC(=O)O)C(=O)CN(CC(=O)O)C(=O)CN(CC(=O)O)C(=O)C1CCC(C(=O)ON2C(=O)CCC2=O)CC1. The molecule has 61 heavy (non-hydrogen) atoms. The molecular formula is C37H45IN6O17. The van der Waals surface area contributed by atoms with Crippen LogP contribution in [0.4, 0.5) is 0 Å². The summed E-state index contributed by atoms with van der Waals surface area (Å²) in [4.78, 5) is 156. The van der Waals surface area contributed by atoms with Crippen LogP contribution in [0.25, 0.3) is 0 Å². The van der Waals surface area contributed by atoms with Crippen LogP contribution >= 0.6 is 22.6 Å². The van der Waals surface area contributed by atoms with E-state index in [1.807, 2.05) is 22.6 Å². The topological polar surface area (TPSA) is 323 Å². The zero-order chi connectivity index (χ0) is 45.4. The van der Waals surface area contributed by atoms with Gasteiger partial charge in [-0.25, -0.2) is 4.79 Å². The van der Waals surface area contributed by atoms with E-state index in [4.69, 9.17) is 4.84 Å². The van der Waals surface area contributed by atoms with Crippen molar-refractivity contribution in [3.63, 3.8) is 0 Å². The third-order valence-corrected chi connectivity index (χ3v) is 10.1. The zero-order valence-electron chi connectivity index (χ0n) is 32.7. The van der Waals surface area contributed by atoms with Crippen LogP contribution < -0.4 is 5.32 Å². The van der Waals surface area contributed by atoms with E-state index in [9.17, 15) is 78.0 Å². The van der Waals surface area contributed by atoms with Crippen molar-refractivity contribution < 1.29 is 82.8 Å². The maximum absolute atomic E-state index is 13.5. The molecule has 2 aliphatic rings. The molecule has 1 saturated heterocycles. The summed E-state index contributed by atoms with van der Waals surface area (Å²) in [6, 6.07) is 6.80. The van der Waals surface area contributed by atoms with E-state index in [2.05, 4.69) is 5.32 Å². The minimum Gasteiger partial charge on any atom is -0.480 e. The lowest BCUT2D eigenvalue weighted by Gasteiger charge is -2.32. The molecule has 1 heterocycles. The molecule has 7 amide bonds. The van der Waals surface area contributed by atoms with Gasteiger partial charge in [-0.2, -0.15) is 0 Å². The molecule has 0 spiro atoms. The van der Waals surface area contributed by atoms with E-state index in [0.29, 0.717) is 31.7 Å². The first kappa shape index (κ1) is 49.2. The molecule has 0 unspecified atom stereocenters. The van der Waals surface area contributed by atoms with Crippen LogP contribution in [-0.4, -0.2) is 175 Å². The first-order valence-electron chi connectivity index (χ1n) is 18.9. The molecule has 1 aliphatic heterocycles. The van der Waals surface area contributed by atoms with Gasteiger partial charge in [-0.05, 0) is 79.3 Å². The molecule has 1 aliphatic carbocycles. The molecule has 5 N–H and O–H groups in total. The molecule has 1 saturated carbocycles. The van der Waals surface area contributed by atoms with Crippen molar-refractivity contribution >= 4 is 93.8 Å². The molecule has 2 fully saturated rings. The number of imide groups is 1. The number of benzene rings is 1. The molecule has 1 aromatic rings. The summed E-state index contributed by atoms with van der Waals surface area (Å²) in [6.45, 7) is -7.37. The van der Waals surface area contributed by atoms with Gasteiger partial charge in [0.2, 0.25) is 23.6 Å². The number of amides is 7. The molecule has 23 nitrogen and oxygen atoms in total. The highest BCUT2D eigenvalue weighted by molar-refractivity contribution is 14.1. The number of hydrogen-bond donors (Lipinski definition) is 5. The minimum absolute atomic E-state index is 0.00351.